The predicted molar refractivity (Wildman–Crippen MR) is 484 cm³/mol. The van der Waals surface area contributed by atoms with Crippen LogP contribution in [0.4, 0.5) is 34.1 Å². The van der Waals surface area contributed by atoms with Crippen LogP contribution in [0.15, 0.2) is 393 Å². The Kier molecular flexibility index (Phi) is 15.5. The molecule has 4 heteroatoms. The molecule has 0 radical (unpaired) electrons. The van der Waals surface area contributed by atoms with Crippen molar-refractivity contribution in [1.29, 1.82) is 0 Å². The van der Waals surface area contributed by atoms with Gasteiger partial charge in [0.2, 0.25) is 0 Å². The van der Waals surface area contributed by atoms with Crippen LogP contribution in [-0.2, 0) is 10.8 Å². The number of furan rings is 1. The highest BCUT2D eigenvalue weighted by atomic mass is 32.1. The van der Waals surface area contributed by atoms with Crippen molar-refractivity contribution in [3.63, 3.8) is 0 Å². The number of fused-ring (bicyclic) bond motifs is 14. The van der Waals surface area contributed by atoms with E-state index in [1.807, 2.05) is 17.4 Å². The largest absolute Gasteiger partial charge is 0.456 e. The first kappa shape index (κ1) is 67.0. The van der Waals surface area contributed by atoms with Crippen LogP contribution in [0.5, 0.6) is 0 Å². The van der Waals surface area contributed by atoms with Crippen molar-refractivity contribution in [2.24, 2.45) is 0 Å². The van der Waals surface area contributed by atoms with E-state index >= 15 is 0 Å². The van der Waals surface area contributed by atoms with Crippen LogP contribution in [0.3, 0.4) is 0 Å². The molecule has 0 spiro atoms. The van der Waals surface area contributed by atoms with E-state index in [-0.39, 0.29) is 10.8 Å². The Morgan fingerprint density at radius 1 is 0.211 bits per heavy atom. The number of para-hydroxylation sites is 2. The zero-order valence-electron chi connectivity index (χ0n) is 63.7. The lowest BCUT2D eigenvalue weighted by Crippen LogP contribution is -2.17. The van der Waals surface area contributed by atoms with Crippen LogP contribution >= 0.6 is 11.3 Å². The second kappa shape index (κ2) is 26.4. The minimum absolute atomic E-state index is 0.146. The molecule has 0 unspecified atom stereocenters. The van der Waals surface area contributed by atoms with E-state index in [9.17, 15) is 0 Å². The molecule has 0 bridgehead atoms. The lowest BCUT2D eigenvalue weighted by molar-refractivity contribution is 0.660. The maximum Gasteiger partial charge on any atom is 0.136 e. The van der Waals surface area contributed by atoms with E-state index in [4.69, 9.17) is 4.42 Å². The summed E-state index contributed by atoms with van der Waals surface area (Å²) in [6.45, 7) is 9.48. The van der Waals surface area contributed by atoms with Gasteiger partial charge in [0.05, 0.1) is 11.4 Å². The van der Waals surface area contributed by atoms with Gasteiger partial charge in [-0.1, -0.05) is 325 Å². The molecule has 22 rings (SSSR count). The molecule has 538 valence electrons. The van der Waals surface area contributed by atoms with Gasteiger partial charge in [-0.3, -0.25) is 0 Å². The first-order chi connectivity index (χ1) is 56.0. The van der Waals surface area contributed by atoms with Gasteiger partial charge in [0.15, 0.2) is 0 Å². The van der Waals surface area contributed by atoms with Crippen LogP contribution in [0.25, 0.3) is 164 Å². The molecule has 0 atom stereocenters. The molecule has 0 N–H and O–H groups in total. The highest BCUT2D eigenvalue weighted by Crippen LogP contribution is 2.55. The topological polar surface area (TPSA) is 19.6 Å². The molecule has 2 aliphatic rings. The SMILES string of the molecule is CC1(C)c2ccccc2-c2ccc(N(c3ccc(-c4ccc(-c5ccc6c(c5)sc5cc(-c7ccc(N(c8ccc(-c9ccc(-c%10cccc%11oc%12ccccc%12c%10%11)c%10ccccc9%10)cc8)c8ccc9c(c8)C(C)(C)c8ccccc8-9)c(-c8ccccc8)c7)ccc56)c5ccccc45)cc3)c3ccccc3-c3ccccc3)cc21. The third-order valence-electron chi connectivity index (χ3n) is 24.7. The molecule has 3 nitrogen and oxygen atoms in total. The Labute approximate surface area is 667 Å². The van der Waals surface area contributed by atoms with E-state index in [1.54, 1.807) is 0 Å². The Hall–Kier alpha value is -13.9. The number of nitrogens with zero attached hydrogens (tertiary/aromatic N) is 2. The summed E-state index contributed by atoms with van der Waals surface area (Å²) in [6.07, 6.45) is 0. The number of hydrogen-bond acceptors (Lipinski definition) is 4. The fourth-order valence-electron chi connectivity index (χ4n) is 19.1. The van der Waals surface area contributed by atoms with Crippen molar-refractivity contribution in [1.82, 2.24) is 0 Å². The molecular weight excluding hydrogens is 1400 g/mol. The second-order valence-corrected chi connectivity index (χ2v) is 32.8. The van der Waals surface area contributed by atoms with Gasteiger partial charge in [-0.05, 0) is 224 Å². The molecule has 2 heterocycles. The summed E-state index contributed by atoms with van der Waals surface area (Å²) < 4.78 is 8.93. The molecule has 0 fully saturated rings. The summed E-state index contributed by atoms with van der Waals surface area (Å²) in [4.78, 5) is 4.94. The standard InChI is InChI=1S/C110H76N2OS/c1-109(2)98-37-19-15-33-89(98)91-57-53-78(67-100(91)109)111(102-39-21-17-28-83(102)69-24-7-5-8-25-69)76-49-42-71(43-50-76)80-59-60-82(86-31-12-11-29-84(80)86)75-47-56-94-93-55-46-74(65-106(93)114-107(94)66-75)73-48-63-103(97(64-73)70-26-9-6-10-27-70)112(79-54-58-92-90-34-16-20-38-99(90)110(3,4)101(92)68-79)77-51-44-72(45-52-77)81-61-62-88(87-32-14-13-30-85(81)87)95-36-23-41-105-108(95)96-35-18-22-40-104(96)113-105/h5-68H,1-4H3. The third-order valence-corrected chi connectivity index (χ3v) is 25.8. The number of thiophene rings is 1. The van der Waals surface area contributed by atoms with Crippen molar-refractivity contribution in [3.05, 3.63) is 411 Å². The van der Waals surface area contributed by atoms with E-state index in [0.29, 0.717) is 0 Å². The normalized spacial score (nSPS) is 13.1. The van der Waals surface area contributed by atoms with Gasteiger partial charge < -0.3 is 14.2 Å². The van der Waals surface area contributed by atoms with E-state index < -0.39 is 0 Å². The zero-order valence-corrected chi connectivity index (χ0v) is 64.5. The lowest BCUT2D eigenvalue weighted by atomic mass is 9.82. The van der Waals surface area contributed by atoms with Gasteiger partial charge in [0.25, 0.3) is 0 Å². The first-order valence-corrected chi connectivity index (χ1v) is 40.4. The Morgan fingerprint density at radius 3 is 1.15 bits per heavy atom. The van der Waals surface area contributed by atoms with Crippen LogP contribution in [0.2, 0.25) is 0 Å². The molecule has 0 aliphatic heterocycles. The summed E-state index contributed by atoms with van der Waals surface area (Å²) in [5, 5.41) is 9.66. The number of rotatable bonds is 13. The Bertz CT molecular complexity index is 7280. The summed E-state index contributed by atoms with van der Waals surface area (Å²) in [7, 11) is 0. The van der Waals surface area contributed by atoms with Crippen LogP contribution in [0, 0.1) is 0 Å². The van der Waals surface area contributed by atoms with Gasteiger partial charge in [-0.15, -0.1) is 11.3 Å². The van der Waals surface area contributed by atoms with Gasteiger partial charge in [-0.2, -0.15) is 0 Å². The molecule has 2 aliphatic carbocycles. The fraction of sp³-hybridized carbons (Fsp3) is 0.0545. The third kappa shape index (κ3) is 10.8. The number of hydrogen-bond donors (Lipinski definition) is 0. The molecule has 114 heavy (non-hydrogen) atoms. The van der Waals surface area contributed by atoms with E-state index in [0.717, 1.165) is 78.3 Å². The molecule has 18 aromatic carbocycles. The van der Waals surface area contributed by atoms with Gasteiger partial charge in [-0.25, -0.2) is 0 Å². The van der Waals surface area contributed by atoms with Crippen molar-refractivity contribution >= 4 is 109 Å². The molecule has 20 aromatic rings. The van der Waals surface area contributed by atoms with Gasteiger partial charge in [0.1, 0.15) is 11.2 Å². The van der Waals surface area contributed by atoms with E-state index in [1.165, 1.54) is 142 Å². The highest BCUT2D eigenvalue weighted by Gasteiger charge is 2.38. The summed E-state index contributed by atoms with van der Waals surface area (Å²) in [5.74, 6) is 0. The molecule has 2 aromatic heterocycles. The summed E-state index contributed by atoms with van der Waals surface area (Å²) in [6, 6.07) is 144. The average Bonchev–Trinajstić information content (AvgIpc) is 1.55. The number of anilines is 6. The van der Waals surface area contributed by atoms with Crippen LogP contribution < -0.4 is 9.80 Å². The zero-order chi connectivity index (χ0) is 75.9. The van der Waals surface area contributed by atoms with Crippen molar-refractivity contribution in [2.75, 3.05) is 9.80 Å². The molecule has 0 saturated carbocycles. The van der Waals surface area contributed by atoms with E-state index in [2.05, 4.69) is 420 Å². The molecular formula is C110H76N2OS. The lowest BCUT2D eigenvalue weighted by Gasteiger charge is -2.30. The first-order valence-electron chi connectivity index (χ1n) is 39.6. The minimum atomic E-state index is -0.199. The van der Waals surface area contributed by atoms with Gasteiger partial charge in [0, 0.05) is 75.7 Å². The summed E-state index contributed by atoms with van der Waals surface area (Å²) in [5.41, 5.74) is 35.2. The maximum absolute atomic E-state index is 6.41. The quantitative estimate of drug-likeness (QED) is 0.115. The Morgan fingerprint density at radius 2 is 0.579 bits per heavy atom. The van der Waals surface area contributed by atoms with Crippen LogP contribution in [0.1, 0.15) is 49.9 Å². The fourth-order valence-corrected chi connectivity index (χ4v) is 20.3. The highest BCUT2D eigenvalue weighted by molar-refractivity contribution is 7.25. The smallest absolute Gasteiger partial charge is 0.136 e. The van der Waals surface area contributed by atoms with Crippen molar-refractivity contribution < 1.29 is 4.42 Å². The maximum atomic E-state index is 6.41. The predicted octanol–water partition coefficient (Wildman–Crippen LogP) is 31.5. The minimum Gasteiger partial charge on any atom is -0.456 e. The second-order valence-electron chi connectivity index (χ2n) is 31.8. The Balaban J connectivity index is 0.606. The van der Waals surface area contributed by atoms with Crippen LogP contribution in [-0.4, -0.2) is 0 Å². The monoisotopic (exact) mass is 1470 g/mol. The molecule has 0 amide bonds. The summed E-state index contributed by atoms with van der Waals surface area (Å²) >= 11 is 1.88. The van der Waals surface area contributed by atoms with Crippen molar-refractivity contribution in [2.45, 2.75) is 38.5 Å². The number of benzene rings is 18. The average molecular weight is 1470 g/mol. The molecule has 0 saturated heterocycles. The van der Waals surface area contributed by atoms with Gasteiger partial charge >= 0.3 is 0 Å². The van der Waals surface area contributed by atoms with Crippen molar-refractivity contribution in [3.8, 4) is 100 Å².